The first-order valence-electron chi connectivity index (χ1n) is 8.03. The van der Waals surface area contributed by atoms with Crippen LogP contribution in [0.3, 0.4) is 0 Å². The van der Waals surface area contributed by atoms with Gasteiger partial charge in [-0.2, -0.15) is 0 Å². The molecule has 2 heteroatoms. The number of para-hydroxylation sites is 1. The zero-order chi connectivity index (χ0) is 14.4. The average molecular weight is 275 g/mol. The third-order valence-corrected chi connectivity index (χ3v) is 5.11. The van der Waals surface area contributed by atoms with Gasteiger partial charge in [0.2, 0.25) is 0 Å². The van der Waals surface area contributed by atoms with E-state index >= 15 is 0 Å². The van der Waals surface area contributed by atoms with E-state index in [9.17, 15) is 0 Å². The summed E-state index contributed by atoms with van der Waals surface area (Å²) in [5, 5.41) is 0. The molecule has 0 radical (unpaired) electrons. The molecule has 0 bridgehead atoms. The van der Waals surface area contributed by atoms with Crippen molar-refractivity contribution in [2.24, 2.45) is 23.0 Å². The maximum Gasteiger partial charge on any atom is 0.119 e. The Bertz CT molecular complexity index is 380. The van der Waals surface area contributed by atoms with Crippen molar-refractivity contribution in [2.45, 2.75) is 46.0 Å². The summed E-state index contributed by atoms with van der Waals surface area (Å²) in [6, 6.07) is 10.1. The Morgan fingerprint density at radius 1 is 1.20 bits per heavy atom. The Morgan fingerprint density at radius 2 is 1.85 bits per heavy atom. The van der Waals surface area contributed by atoms with Gasteiger partial charge >= 0.3 is 0 Å². The van der Waals surface area contributed by atoms with Gasteiger partial charge in [0.05, 0.1) is 6.61 Å². The SMILES string of the molecule is CC(C)C1CCC(CN)(CCOc2ccccc2)CC1. The standard InChI is InChI=1S/C18H29NO/c1-15(2)16-8-10-18(14-19,11-9-16)12-13-20-17-6-4-3-5-7-17/h3-7,15-16H,8-14,19H2,1-2H3. The van der Waals surface area contributed by atoms with Gasteiger partial charge in [0, 0.05) is 0 Å². The van der Waals surface area contributed by atoms with E-state index in [4.69, 9.17) is 10.5 Å². The third-order valence-electron chi connectivity index (χ3n) is 5.11. The second-order valence-electron chi connectivity index (χ2n) is 6.70. The molecule has 1 fully saturated rings. The third kappa shape index (κ3) is 3.99. The van der Waals surface area contributed by atoms with Crippen LogP contribution in [0.15, 0.2) is 30.3 Å². The van der Waals surface area contributed by atoms with Crippen LogP contribution in [0.25, 0.3) is 0 Å². The van der Waals surface area contributed by atoms with Gasteiger partial charge in [-0.15, -0.1) is 0 Å². The molecule has 0 aromatic heterocycles. The molecular weight excluding hydrogens is 246 g/mol. The molecule has 2 N–H and O–H groups in total. The molecule has 112 valence electrons. The molecule has 0 spiro atoms. The lowest BCUT2D eigenvalue weighted by Crippen LogP contribution is -2.37. The van der Waals surface area contributed by atoms with Crippen molar-refractivity contribution < 1.29 is 4.74 Å². The Balaban J connectivity index is 1.81. The van der Waals surface area contributed by atoms with Gasteiger partial charge in [0.15, 0.2) is 0 Å². The maximum atomic E-state index is 6.08. The summed E-state index contributed by atoms with van der Waals surface area (Å²) >= 11 is 0. The average Bonchev–Trinajstić information content (AvgIpc) is 2.49. The van der Waals surface area contributed by atoms with Gasteiger partial charge in [-0.25, -0.2) is 0 Å². The minimum Gasteiger partial charge on any atom is -0.494 e. The Hall–Kier alpha value is -1.02. The lowest BCUT2D eigenvalue weighted by molar-refractivity contribution is 0.103. The van der Waals surface area contributed by atoms with E-state index in [1.54, 1.807) is 0 Å². The molecule has 0 heterocycles. The molecular formula is C18H29NO. The number of benzene rings is 1. The molecule has 1 aliphatic rings. The van der Waals surface area contributed by atoms with Gasteiger partial charge in [-0.3, -0.25) is 0 Å². The second-order valence-corrected chi connectivity index (χ2v) is 6.70. The van der Waals surface area contributed by atoms with E-state index in [2.05, 4.69) is 13.8 Å². The normalized spacial score (nSPS) is 26.7. The highest BCUT2D eigenvalue weighted by molar-refractivity contribution is 5.20. The molecule has 0 amide bonds. The number of hydrogen-bond acceptors (Lipinski definition) is 2. The molecule has 2 nitrogen and oxygen atoms in total. The van der Waals surface area contributed by atoms with Gasteiger partial charge in [0.1, 0.15) is 5.75 Å². The van der Waals surface area contributed by atoms with Gasteiger partial charge in [-0.05, 0) is 68.0 Å². The van der Waals surface area contributed by atoms with E-state index in [0.717, 1.165) is 37.2 Å². The molecule has 0 atom stereocenters. The minimum absolute atomic E-state index is 0.320. The van der Waals surface area contributed by atoms with Crippen LogP contribution >= 0.6 is 0 Å². The second kappa shape index (κ2) is 7.12. The molecule has 20 heavy (non-hydrogen) atoms. The zero-order valence-electron chi connectivity index (χ0n) is 13.0. The fourth-order valence-corrected chi connectivity index (χ4v) is 3.38. The first-order chi connectivity index (χ1) is 9.65. The summed E-state index contributed by atoms with van der Waals surface area (Å²) in [4.78, 5) is 0. The summed E-state index contributed by atoms with van der Waals surface area (Å²) < 4.78 is 5.85. The topological polar surface area (TPSA) is 35.2 Å². The largest absolute Gasteiger partial charge is 0.494 e. The predicted molar refractivity (Wildman–Crippen MR) is 84.8 cm³/mol. The highest BCUT2D eigenvalue weighted by atomic mass is 16.5. The summed E-state index contributed by atoms with van der Waals surface area (Å²) in [7, 11) is 0. The predicted octanol–water partition coefficient (Wildman–Crippen LogP) is 4.25. The molecule has 1 aliphatic carbocycles. The van der Waals surface area contributed by atoms with Gasteiger partial charge in [-0.1, -0.05) is 32.0 Å². The van der Waals surface area contributed by atoms with Crippen LogP contribution in [0.5, 0.6) is 5.75 Å². The molecule has 0 saturated heterocycles. The Kier molecular flexibility index (Phi) is 5.47. The van der Waals surface area contributed by atoms with E-state index in [0.29, 0.717) is 5.41 Å². The van der Waals surface area contributed by atoms with Crippen LogP contribution in [0.4, 0.5) is 0 Å². The van der Waals surface area contributed by atoms with Gasteiger partial charge < -0.3 is 10.5 Å². The van der Waals surface area contributed by atoms with Crippen molar-refractivity contribution in [3.8, 4) is 5.75 Å². The fourth-order valence-electron chi connectivity index (χ4n) is 3.38. The molecule has 1 aromatic carbocycles. The first kappa shape index (κ1) is 15.4. The van der Waals surface area contributed by atoms with Crippen molar-refractivity contribution in [1.82, 2.24) is 0 Å². The number of nitrogens with two attached hydrogens (primary N) is 1. The Morgan fingerprint density at radius 3 is 2.40 bits per heavy atom. The smallest absolute Gasteiger partial charge is 0.119 e. The van der Waals surface area contributed by atoms with Crippen LogP contribution < -0.4 is 10.5 Å². The highest BCUT2D eigenvalue weighted by Crippen LogP contribution is 2.43. The molecule has 2 rings (SSSR count). The fraction of sp³-hybridized carbons (Fsp3) is 0.667. The summed E-state index contributed by atoms with van der Waals surface area (Å²) in [6.45, 7) is 6.28. The zero-order valence-corrected chi connectivity index (χ0v) is 13.0. The summed E-state index contributed by atoms with van der Waals surface area (Å²) in [5.41, 5.74) is 6.40. The lowest BCUT2D eigenvalue weighted by Gasteiger charge is -2.40. The van der Waals surface area contributed by atoms with Crippen LogP contribution in [0, 0.1) is 17.3 Å². The maximum absolute atomic E-state index is 6.08. The molecule has 1 saturated carbocycles. The first-order valence-corrected chi connectivity index (χ1v) is 8.03. The van der Waals surface area contributed by atoms with E-state index in [1.807, 2.05) is 30.3 Å². The van der Waals surface area contributed by atoms with Crippen molar-refractivity contribution in [3.63, 3.8) is 0 Å². The van der Waals surface area contributed by atoms with Gasteiger partial charge in [0.25, 0.3) is 0 Å². The van der Waals surface area contributed by atoms with Crippen LogP contribution in [0.2, 0.25) is 0 Å². The molecule has 0 unspecified atom stereocenters. The van der Waals surface area contributed by atoms with Crippen LogP contribution in [0.1, 0.15) is 46.0 Å². The van der Waals surface area contributed by atoms with Crippen molar-refractivity contribution in [1.29, 1.82) is 0 Å². The van der Waals surface area contributed by atoms with Crippen molar-refractivity contribution >= 4 is 0 Å². The van der Waals surface area contributed by atoms with E-state index in [1.165, 1.54) is 25.7 Å². The summed E-state index contributed by atoms with van der Waals surface area (Å²) in [5.74, 6) is 2.67. The van der Waals surface area contributed by atoms with Crippen molar-refractivity contribution in [3.05, 3.63) is 30.3 Å². The lowest BCUT2D eigenvalue weighted by atomic mass is 9.66. The molecule has 0 aliphatic heterocycles. The summed E-state index contributed by atoms with van der Waals surface area (Å²) in [6.07, 6.45) is 6.29. The molecule has 1 aromatic rings. The highest BCUT2D eigenvalue weighted by Gasteiger charge is 2.34. The number of rotatable bonds is 6. The van der Waals surface area contributed by atoms with E-state index in [-0.39, 0.29) is 0 Å². The van der Waals surface area contributed by atoms with Crippen LogP contribution in [-0.4, -0.2) is 13.2 Å². The monoisotopic (exact) mass is 275 g/mol. The Labute approximate surface area is 123 Å². The number of hydrogen-bond donors (Lipinski definition) is 1. The minimum atomic E-state index is 0.320. The number of ether oxygens (including phenoxy) is 1. The van der Waals surface area contributed by atoms with E-state index < -0.39 is 0 Å². The van der Waals surface area contributed by atoms with Crippen LogP contribution in [-0.2, 0) is 0 Å². The van der Waals surface area contributed by atoms with Crippen molar-refractivity contribution in [2.75, 3.05) is 13.2 Å². The quantitative estimate of drug-likeness (QED) is 0.842.